The van der Waals surface area contributed by atoms with Gasteiger partial charge in [0, 0.05) is 39.1 Å². The summed E-state index contributed by atoms with van der Waals surface area (Å²) in [5.74, 6) is 0.863. The van der Waals surface area contributed by atoms with Crippen molar-refractivity contribution in [1.29, 1.82) is 0 Å². The number of amides is 2. The lowest BCUT2D eigenvalue weighted by atomic mass is 10.1. The van der Waals surface area contributed by atoms with Crippen LogP contribution in [-0.4, -0.2) is 72.5 Å². The van der Waals surface area contributed by atoms with Crippen LogP contribution in [0.4, 0.5) is 4.39 Å². The van der Waals surface area contributed by atoms with Gasteiger partial charge in [-0.2, -0.15) is 0 Å². The van der Waals surface area contributed by atoms with E-state index in [9.17, 15) is 14.0 Å². The summed E-state index contributed by atoms with van der Waals surface area (Å²) in [4.78, 5) is 32.6. The van der Waals surface area contributed by atoms with Gasteiger partial charge in [0.1, 0.15) is 17.3 Å². The number of halogens is 1. The predicted octanol–water partition coefficient (Wildman–Crippen LogP) is 4.05. The molecule has 4 rings (SSSR count). The molecule has 1 aromatic heterocycles. The number of furan rings is 1. The largest absolute Gasteiger partial charge is 0.464 e. The fourth-order valence-electron chi connectivity index (χ4n) is 4.50. The molecule has 2 amide bonds. The van der Waals surface area contributed by atoms with Crippen molar-refractivity contribution in [3.8, 4) is 0 Å². The Labute approximate surface area is 223 Å². The molecule has 3 aromatic rings. The van der Waals surface area contributed by atoms with Gasteiger partial charge in [0.2, 0.25) is 11.8 Å². The highest BCUT2D eigenvalue weighted by atomic mass is 19.1. The SMILES string of the molecule is Cc1ccc(CN(Cc2ccc(F)cc2)C(=O)CN(CCN2CCOCC2)C(=O)CCc2ccccc2)o1. The summed E-state index contributed by atoms with van der Waals surface area (Å²) >= 11 is 0. The van der Waals surface area contributed by atoms with Crippen LogP contribution in [0.2, 0.25) is 0 Å². The zero-order valence-electron chi connectivity index (χ0n) is 22.0. The van der Waals surface area contributed by atoms with Crippen LogP contribution in [0.1, 0.15) is 29.1 Å². The highest BCUT2D eigenvalue weighted by Crippen LogP contribution is 2.15. The van der Waals surface area contributed by atoms with Crippen molar-refractivity contribution in [2.24, 2.45) is 0 Å². The Hall–Kier alpha value is -3.49. The Bertz CT molecular complexity index is 1160. The Morgan fingerprint density at radius 1 is 0.868 bits per heavy atom. The molecular formula is C30H36FN3O4. The van der Waals surface area contributed by atoms with Gasteiger partial charge in [0.15, 0.2) is 0 Å². The molecule has 0 N–H and O–H groups in total. The van der Waals surface area contributed by atoms with E-state index >= 15 is 0 Å². The van der Waals surface area contributed by atoms with Crippen LogP contribution < -0.4 is 0 Å². The van der Waals surface area contributed by atoms with E-state index in [0.29, 0.717) is 44.9 Å². The average molecular weight is 522 g/mol. The molecule has 1 fully saturated rings. The first-order valence-electron chi connectivity index (χ1n) is 13.2. The molecule has 0 radical (unpaired) electrons. The van der Waals surface area contributed by atoms with E-state index in [1.54, 1.807) is 21.9 Å². The van der Waals surface area contributed by atoms with E-state index in [0.717, 1.165) is 30.0 Å². The third kappa shape index (κ3) is 8.53. The Kier molecular flexibility index (Phi) is 10.1. The highest BCUT2D eigenvalue weighted by Gasteiger charge is 2.23. The molecule has 7 nitrogen and oxygen atoms in total. The van der Waals surface area contributed by atoms with Crippen molar-refractivity contribution in [1.82, 2.24) is 14.7 Å². The van der Waals surface area contributed by atoms with Crippen molar-refractivity contribution >= 4 is 11.8 Å². The van der Waals surface area contributed by atoms with Gasteiger partial charge >= 0.3 is 0 Å². The minimum Gasteiger partial charge on any atom is -0.464 e. The summed E-state index contributed by atoms with van der Waals surface area (Å²) in [5, 5.41) is 0. The molecule has 2 aromatic carbocycles. The predicted molar refractivity (Wildman–Crippen MR) is 143 cm³/mol. The minimum absolute atomic E-state index is 0.0289. The van der Waals surface area contributed by atoms with Crippen LogP contribution in [0.5, 0.6) is 0 Å². The zero-order chi connectivity index (χ0) is 26.7. The summed E-state index contributed by atoms with van der Waals surface area (Å²) in [6.07, 6.45) is 0.947. The number of morpholine rings is 1. The number of nitrogens with zero attached hydrogens (tertiary/aromatic N) is 3. The maximum atomic E-state index is 13.6. The summed E-state index contributed by atoms with van der Waals surface area (Å²) in [5.41, 5.74) is 1.89. The number of hydrogen-bond acceptors (Lipinski definition) is 5. The number of benzene rings is 2. The molecule has 0 aliphatic carbocycles. The second-order valence-corrected chi connectivity index (χ2v) is 9.64. The second-order valence-electron chi connectivity index (χ2n) is 9.64. The first-order chi connectivity index (χ1) is 18.5. The topological polar surface area (TPSA) is 66.2 Å². The summed E-state index contributed by atoms with van der Waals surface area (Å²) in [6.45, 7) is 6.50. The smallest absolute Gasteiger partial charge is 0.242 e. The lowest BCUT2D eigenvalue weighted by molar-refractivity contribution is -0.141. The van der Waals surface area contributed by atoms with E-state index in [4.69, 9.17) is 9.15 Å². The van der Waals surface area contributed by atoms with Gasteiger partial charge in [0.05, 0.1) is 26.3 Å². The number of carbonyl (C=O) groups is 2. The Morgan fingerprint density at radius 3 is 2.29 bits per heavy atom. The van der Waals surface area contributed by atoms with Crippen molar-refractivity contribution in [3.05, 3.63) is 95.2 Å². The molecule has 0 bridgehead atoms. The van der Waals surface area contributed by atoms with Crippen LogP contribution in [-0.2, 0) is 33.8 Å². The lowest BCUT2D eigenvalue weighted by Crippen LogP contribution is -2.47. The van der Waals surface area contributed by atoms with Crippen LogP contribution in [0, 0.1) is 12.7 Å². The number of hydrogen-bond donors (Lipinski definition) is 0. The molecule has 8 heteroatoms. The van der Waals surface area contributed by atoms with Crippen LogP contribution in [0.15, 0.2) is 71.1 Å². The van der Waals surface area contributed by atoms with Gasteiger partial charge in [-0.25, -0.2) is 4.39 Å². The summed E-state index contributed by atoms with van der Waals surface area (Å²) in [7, 11) is 0. The molecule has 1 aliphatic heterocycles. The quantitative estimate of drug-likeness (QED) is 0.360. The fourth-order valence-corrected chi connectivity index (χ4v) is 4.50. The maximum Gasteiger partial charge on any atom is 0.242 e. The number of ether oxygens (including phenoxy) is 1. The van der Waals surface area contributed by atoms with Gasteiger partial charge in [-0.1, -0.05) is 42.5 Å². The molecular weight excluding hydrogens is 485 g/mol. The standard InChI is InChI=1S/C30H36FN3O4/c1-24-7-13-28(38-24)22-34(21-26-8-11-27(31)12-9-26)30(36)23-33(16-15-32-17-19-37-20-18-32)29(35)14-10-25-5-3-2-4-6-25/h2-9,11-13H,10,14-23H2,1H3. The van der Waals surface area contributed by atoms with Crippen molar-refractivity contribution in [2.75, 3.05) is 45.9 Å². The second kappa shape index (κ2) is 13.9. The van der Waals surface area contributed by atoms with Gasteiger partial charge in [0.25, 0.3) is 0 Å². The van der Waals surface area contributed by atoms with Crippen LogP contribution in [0.3, 0.4) is 0 Å². The molecule has 38 heavy (non-hydrogen) atoms. The molecule has 202 valence electrons. The first kappa shape index (κ1) is 27.5. The van der Waals surface area contributed by atoms with Crippen molar-refractivity contribution in [3.63, 3.8) is 0 Å². The number of carbonyl (C=O) groups excluding carboxylic acids is 2. The van der Waals surface area contributed by atoms with Gasteiger partial charge < -0.3 is 19.0 Å². The molecule has 1 aliphatic rings. The maximum absolute atomic E-state index is 13.6. The van der Waals surface area contributed by atoms with E-state index in [2.05, 4.69) is 4.90 Å². The molecule has 1 saturated heterocycles. The molecule has 2 heterocycles. The van der Waals surface area contributed by atoms with E-state index in [-0.39, 0.29) is 37.3 Å². The minimum atomic E-state index is -0.327. The third-order valence-electron chi connectivity index (χ3n) is 6.72. The van der Waals surface area contributed by atoms with Gasteiger partial charge in [-0.05, 0) is 48.7 Å². The Balaban J connectivity index is 1.46. The highest BCUT2D eigenvalue weighted by molar-refractivity contribution is 5.85. The van der Waals surface area contributed by atoms with E-state index < -0.39 is 0 Å². The lowest BCUT2D eigenvalue weighted by Gasteiger charge is -2.31. The summed E-state index contributed by atoms with van der Waals surface area (Å²) < 4.78 is 24.7. The monoisotopic (exact) mass is 521 g/mol. The van der Waals surface area contributed by atoms with Crippen LogP contribution >= 0.6 is 0 Å². The van der Waals surface area contributed by atoms with Crippen molar-refractivity contribution < 1.29 is 23.1 Å². The number of rotatable bonds is 12. The zero-order valence-corrected chi connectivity index (χ0v) is 22.0. The third-order valence-corrected chi connectivity index (χ3v) is 6.72. The molecule has 0 unspecified atom stereocenters. The Morgan fingerprint density at radius 2 is 1.61 bits per heavy atom. The first-order valence-corrected chi connectivity index (χ1v) is 13.2. The normalized spacial score (nSPS) is 13.8. The van der Waals surface area contributed by atoms with E-state index in [1.807, 2.05) is 49.4 Å². The van der Waals surface area contributed by atoms with Gasteiger partial charge in [-0.3, -0.25) is 14.5 Å². The van der Waals surface area contributed by atoms with Gasteiger partial charge in [-0.15, -0.1) is 0 Å². The van der Waals surface area contributed by atoms with E-state index in [1.165, 1.54) is 12.1 Å². The number of aryl methyl sites for hydroxylation is 2. The molecule has 0 saturated carbocycles. The average Bonchev–Trinajstić information content (AvgIpc) is 3.35. The molecule has 0 spiro atoms. The van der Waals surface area contributed by atoms with Crippen LogP contribution in [0.25, 0.3) is 0 Å². The van der Waals surface area contributed by atoms with Crippen molar-refractivity contribution in [2.45, 2.75) is 32.9 Å². The summed E-state index contributed by atoms with van der Waals surface area (Å²) in [6, 6.07) is 19.7. The fraction of sp³-hybridized carbons (Fsp3) is 0.400. The molecule has 0 atom stereocenters.